The van der Waals surface area contributed by atoms with E-state index in [2.05, 4.69) is 26.8 Å². The van der Waals surface area contributed by atoms with Crippen molar-refractivity contribution in [3.8, 4) is 0 Å². The molecule has 2 aromatic carbocycles. The van der Waals surface area contributed by atoms with Crippen LogP contribution in [0.15, 0.2) is 57.9 Å². The second kappa shape index (κ2) is 9.12. The minimum atomic E-state index is -3.67. The van der Waals surface area contributed by atoms with Crippen LogP contribution in [0.4, 0.5) is 0 Å². The first-order chi connectivity index (χ1) is 12.8. The van der Waals surface area contributed by atoms with Gasteiger partial charge in [-0.05, 0) is 42.5 Å². The highest BCUT2D eigenvalue weighted by Crippen LogP contribution is 2.17. The Labute approximate surface area is 166 Å². The van der Waals surface area contributed by atoms with Crippen molar-refractivity contribution in [2.24, 2.45) is 0 Å². The summed E-state index contributed by atoms with van der Waals surface area (Å²) in [6.45, 7) is 4.15. The molecule has 0 heterocycles. The van der Waals surface area contributed by atoms with Crippen LogP contribution < -0.4 is 10.9 Å². The Morgan fingerprint density at radius 1 is 0.926 bits per heavy atom. The zero-order valence-corrected chi connectivity index (χ0v) is 17.3. The predicted octanol–water partition coefficient (Wildman–Crippen LogP) is 2.55. The highest BCUT2D eigenvalue weighted by Gasteiger charge is 2.22. The van der Waals surface area contributed by atoms with Crippen molar-refractivity contribution in [1.29, 1.82) is 0 Å². The van der Waals surface area contributed by atoms with Crippen molar-refractivity contribution < 1.29 is 18.0 Å². The molecule has 0 fully saturated rings. The van der Waals surface area contributed by atoms with Crippen LogP contribution in [0.1, 0.15) is 34.6 Å². The number of benzene rings is 2. The predicted molar refractivity (Wildman–Crippen MR) is 106 cm³/mol. The highest BCUT2D eigenvalue weighted by atomic mass is 79.9. The van der Waals surface area contributed by atoms with Crippen LogP contribution in [0.25, 0.3) is 0 Å². The largest absolute Gasteiger partial charge is 0.269 e. The first-order valence-corrected chi connectivity index (χ1v) is 10.5. The summed E-state index contributed by atoms with van der Waals surface area (Å²) < 4.78 is 27.3. The van der Waals surface area contributed by atoms with Gasteiger partial charge in [-0.2, -0.15) is 4.31 Å². The van der Waals surface area contributed by atoms with E-state index in [9.17, 15) is 18.0 Å². The van der Waals surface area contributed by atoms with Gasteiger partial charge in [0.05, 0.1) is 4.90 Å². The SMILES string of the molecule is CCN(CC)S(=O)(=O)c1cccc(C(=O)NNC(=O)c2ccc(Br)cc2)c1. The van der Waals surface area contributed by atoms with Gasteiger partial charge in [0.2, 0.25) is 10.0 Å². The highest BCUT2D eigenvalue weighted by molar-refractivity contribution is 9.10. The van der Waals surface area contributed by atoms with Crippen molar-refractivity contribution in [2.45, 2.75) is 18.7 Å². The number of nitrogens with one attached hydrogen (secondary N) is 2. The van der Waals surface area contributed by atoms with Gasteiger partial charge in [-0.3, -0.25) is 20.4 Å². The molecule has 2 N–H and O–H groups in total. The summed E-state index contributed by atoms with van der Waals surface area (Å²) in [5.74, 6) is -1.10. The fourth-order valence-corrected chi connectivity index (χ4v) is 4.14. The maximum absolute atomic E-state index is 12.6. The van der Waals surface area contributed by atoms with Gasteiger partial charge in [-0.15, -0.1) is 0 Å². The maximum Gasteiger partial charge on any atom is 0.269 e. The number of nitrogens with zero attached hydrogens (tertiary/aromatic N) is 1. The van der Waals surface area contributed by atoms with Gasteiger partial charge >= 0.3 is 0 Å². The fraction of sp³-hybridized carbons (Fsp3) is 0.222. The minimum Gasteiger partial charge on any atom is -0.267 e. The molecule has 0 bridgehead atoms. The molecule has 2 rings (SSSR count). The van der Waals surface area contributed by atoms with Gasteiger partial charge in [0.15, 0.2) is 0 Å². The number of carbonyl (C=O) groups is 2. The van der Waals surface area contributed by atoms with E-state index in [0.29, 0.717) is 18.7 Å². The smallest absolute Gasteiger partial charge is 0.267 e. The summed E-state index contributed by atoms with van der Waals surface area (Å²) in [5.41, 5.74) is 5.09. The molecule has 7 nitrogen and oxygen atoms in total. The van der Waals surface area contributed by atoms with E-state index in [1.807, 2.05) is 0 Å². The summed E-state index contributed by atoms with van der Waals surface area (Å²) in [6.07, 6.45) is 0. The topological polar surface area (TPSA) is 95.6 Å². The monoisotopic (exact) mass is 453 g/mol. The number of amides is 2. The molecule has 0 radical (unpaired) electrons. The average molecular weight is 454 g/mol. The van der Waals surface area contributed by atoms with Crippen molar-refractivity contribution in [3.63, 3.8) is 0 Å². The molecule has 144 valence electrons. The van der Waals surface area contributed by atoms with Crippen LogP contribution in [0.3, 0.4) is 0 Å². The van der Waals surface area contributed by atoms with Crippen LogP contribution in [0, 0.1) is 0 Å². The molecule has 0 aliphatic rings. The normalized spacial score (nSPS) is 11.3. The first kappa shape index (κ1) is 21.1. The fourth-order valence-electron chi connectivity index (χ4n) is 2.37. The lowest BCUT2D eigenvalue weighted by Gasteiger charge is -2.18. The van der Waals surface area contributed by atoms with E-state index in [1.165, 1.54) is 28.6 Å². The Balaban J connectivity index is 2.11. The molecule has 2 amide bonds. The average Bonchev–Trinajstić information content (AvgIpc) is 2.67. The third-order valence-electron chi connectivity index (χ3n) is 3.84. The Kier molecular flexibility index (Phi) is 7.11. The molecule has 0 aromatic heterocycles. The zero-order valence-electron chi connectivity index (χ0n) is 14.9. The van der Waals surface area contributed by atoms with Crippen molar-refractivity contribution in [3.05, 3.63) is 64.1 Å². The van der Waals surface area contributed by atoms with Gasteiger partial charge in [-0.25, -0.2) is 8.42 Å². The standard InChI is InChI=1S/C18H20BrN3O4S/c1-3-22(4-2)27(25,26)16-7-5-6-14(12-16)18(24)21-20-17(23)13-8-10-15(19)11-9-13/h5-12H,3-4H2,1-2H3,(H,20,23)(H,21,24). The van der Waals surface area contributed by atoms with Crippen molar-refractivity contribution in [2.75, 3.05) is 13.1 Å². The molecule has 0 aliphatic carbocycles. The molecule has 9 heteroatoms. The number of hydrazine groups is 1. The van der Waals surface area contributed by atoms with Crippen molar-refractivity contribution in [1.82, 2.24) is 15.2 Å². The molecule has 0 spiro atoms. The van der Waals surface area contributed by atoms with Crippen LogP contribution in [-0.2, 0) is 10.0 Å². The Bertz CT molecular complexity index is 926. The number of rotatable bonds is 6. The van der Waals surface area contributed by atoms with E-state index in [-0.39, 0.29) is 10.5 Å². The second-order valence-corrected chi connectivity index (χ2v) is 8.39. The van der Waals surface area contributed by atoms with E-state index in [0.717, 1.165) is 4.47 Å². The first-order valence-electron chi connectivity index (χ1n) is 8.26. The quantitative estimate of drug-likeness (QED) is 0.656. The molecule has 0 saturated carbocycles. The lowest BCUT2D eigenvalue weighted by molar-refractivity contribution is 0.0846. The van der Waals surface area contributed by atoms with E-state index >= 15 is 0 Å². The van der Waals surface area contributed by atoms with Gasteiger partial charge in [0.1, 0.15) is 0 Å². The Morgan fingerprint density at radius 3 is 2.04 bits per heavy atom. The number of halogens is 1. The number of hydrogen-bond acceptors (Lipinski definition) is 4. The second-order valence-electron chi connectivity index (χ2n) is 5.53. The van der Waals surface area contributed by atoms with Gasteiger partial charge in [0, 0.05) is 28.7 Å². The van der Waals surface area contributed by atoms with Gasteiger partial charge < -0.3 is 0 Å². The van der Waals surface area contributed by atoms with E-state index < -0.39 is 21.8 Å². The molecular formula is C18H20BrN3O4S. The van der Waals surface area contributed by atoms with E-state index in [4.69, 9.17) is 0 Å². The number of hydrogen-bond donors (Lipinski definition) is 2. The number of sulfonamides is 1. The maximum atomic E-state index is 12.6. The Morgan fingerprint density at radius 2 is 1.48 bits per heavy atom. The summed E-state index contributed by atoms with van der Waals surface area (Å²) in [5, 5.41) is 0. The van der Waals surface area contributed by atoms with Crippen LogP contribution in [-0.4, -0.2) is 37.6 Å². The third kappa shape index (κ3) is 5.15. The summed E-state index contributed by atoms with van der Waals surface area (Å²) in [6, 6.07) is 12.3. The zero-order chi connectivity index (χ0) is 20.0. The lowest BCUT2D eigenvalue weighted by atomic mass is 10.2. The van der Waals surface area contributed by atoms with E-state index in [1.54, 1.807) is 38.1 Å². The molecule has 0 saturated heterocycles. The minimum absolute atomic E-state index is 0.0260. The summed E-state index contributed by atoms with van der Waals surface area (Å²) in [7, 11) is -3.67. The molecule has 0 atom stereocenters. The lowest BCUT2D eigenvalue weighted by Crippen LogP contribution is -2.41. The van der Waals surface area contributed by atoms with Crippen molar-refractivity contribution >= 4 is 37.8 Å². The van der Waals surface area contributed by atoms with Gasteiger partial charge in [0.25, 0.3) is 11.8 Å². The molecule has 0 aliphatic heterocycles. The molecule has 27 heavy (non-hydrogen) atoms. The number of carbonyl (C=O) groups excluding carboxylic acids is 2. The summed E-state index contributed by atoms with van der Waals surface area (Å²) >= 11 is 3.28. The van der Waals surface area contributed by atoms with Crippen LogP contribution in [0.5, 0.6) is 0 Å². The molecule has 0 unspecified atom stereocenters. The van der Waals surface area contributed by atoms with Crippen LogP contribution in [0.2, 0.25) is 0 Å². The molecular weight excluding hydrogens is 434 g/mol. The third-order valence-corrected chi connectivity index (χ3v) is 6.41. The molecule has 2 aromatic rings. The Hall–Kier alpha value is -2.23. The van der Waals surface area contributed by atoms with Gasteiger partial charge in [-0.1, -0.05) is 35.8 Å². The van der Waals surface area contributed by atoms with Crippen LogP contribution >= 0.6 is 15.9 Å². The summed E-state index contributed by atoms with van der Waals surface area (Å²) in [4.78, 5) is 24.3.